The van der Waals surface area contributed by atoms with Crippen LogP contribution >= 0.6 is 0 Å². The summed E-state index contributed by atoms with van der Waals surface area (Å²) in [6, 6.07) is 8.03. The number of nitrogens with zero attached hydrogens (tertiary/aromatic N) is 1. The van der Waals surface area contributed by atoms with Gasteiger partial charge in [-0.2, -0.15) is 0 Å². The third kappa shape index (κ3) is 2.20. The standard InChI is InChI=1S/C15H14FNO3/c1-19-14-7-9(4-5-10(14)16)15-12(18)8-11-13(20-15)3-2-6-17-11/h2-7,12,15,18H,8H2,1H3. The molecule has 0 fully saturated rings. The van der Waals surface area contributed by atoms with Crippen LogP contribution in [0, 0.1) is 5.82 Å². The molecule has 0 radical (unpaired) electrons. The van der Waals surface area contributed by atoms with Crippen molar-refractivity contribution < 1.29 is 19.0 Å². The first-order valence-corrected chi connectivity index (χ1v) is 6.31. The second-order valence-electron chi connectivity index (χ2n) is 4.65. The molecule has 1 aromatic carbocycles. The molecule has 0 spiro atoms. The highest BCUT2D eigenvalue weighted by Gasteiger charge is 2.31. The van der Waals surface area contributed by atoms with Crippen molar-refractivity contribution in [3.8, 4) is 11.5 Å². The number of aromatic nitrogens is 1. The molecule has 1 aromatic heterocycles. The van der Waals surface area contributed by atoms with E-state index in [2.05, 4.69) is 4.98 Å². The summed E-state index contributed by atoms with van der Waals surface area (Å²) >= 11 is 0. The Bertz CT molecular complexity index is 632. The van der Waals surface area contributed by atoms with Gasteiger partial charge in [0, 0.05) is 12.6 Å². The topological polar surface area (TPSA) is 51.6 Å². The number of pyridine rings is 1. The van der Waals surface area contributed by atoms with Gasteiger partial charge in [-0.05, 0) is 29.8 Å². The van der Waals surface area contributed by atoms with Crippen LogP contribution in [0.15, 0.2) is 36.5 Å². The minimum atomic E-state index is -0.729. The van der Waals surface area contributed by atoms with Crippen LogP contribution in [0.1, 0.15) is 17.4 Å². The highest BCUT2D eigenvalue weighted by molar-refractivity contribution is 5.36. The molecule has 20 heavy (non-hydrogen) atoms. The molecule has 0 saturated heterocycles. The van der Waals surface area contributed by atoms with Crippen LogP contribution in [0.5, 0.6) is 11.5 Å². The largest absolute Gasteiger partial charge is 0.494 e. The predicted molar refractivity (Wildman–Crippen MR) is 70.3 cm³/mol. The van der Waals surface area contributed by atoms with E-state index in [0.29, 0.717) is 17.7 Å². The van der Waals surface area contributed by atoms with Gasteiger partial charge >= 0.3 is 0 Å². The van der Waals surface area contributed by atoms with Crippen LogP contribution in [-0.2, 0) is 6.42 Å². The molecule has 0 saturated carbocycles. The number of methoxy groups -OCH3 is 1. The molecular weight excluding hydrogens is 261 g/mol. The zero-order valence-corrected chi connectivity index (χ0v) is 10.9. The van der Waals surface area contributed by atoms with Crippen molar-refractivity contribution in [3.05, 3.63) is 53.6 Å². The maximum Gasteiger partial charge on any atom is 0.165 e. The Morgan fingerprint density at radius 2 is 2.25 bits per heavy atom. The highest BCUT2D eigenvalue weighted by atomic mass is 19.1. The molecule has 2 aromatic rings. The molecule has 2 unspecified atom stereocenters. The second-order valence-corrected chi connectivity index (χ2v) is 4.65. The maximum absolute atomic E-state index is 13.4. The average molecular weight is 275 g/mol. The fraction of sp³-hybridized carbons (Fsp3) is 0.267. The minimum Gasteiger partial charge on any atom is -0.494 e. The van der Waals surface area contributed by atoms with Gasteiger partial charge in [0.25, 0.3) is 0 Å². The van der Waals surface area contributed by atoms with E-state index >= 15 is 0 Å². The van der Waals surface area contributed by atoms with Gasteiger partial charge in [0.05, 0.1) is 12.8 Å². The fourth-order valence-corrected chi connectivity index (χ4v) is 2.35. The van der Waals surface area contributed by atoms with E-state index in [1.807, 2.05) is 6.07 Å². The third-order valence-electron chi connectivity index (χ3n) is 3.36. The van der Waals surface area contributed by atoms with Gasteiger partial charge in [-0.3, -0.25) is 4.98 Å². The first kappa shape index (κ1) is 12.9. The smallest absolute Gasteiger partial charge is 0.165 e. The average Bonchev–Trinajstić information content (AvgIpc) is 2.47. The number of rotatable bonds is 2. The second kappa shape index (κ2) is 5.09. The first-order chi connectivity index (χ1) is 9.69. The molecule has 0 amide bonds. The molecule has 2 atom stereocenters. The summed E-state index contributed by atoms with van der Waals surface area (Å²) in [6.45, 7) is 0. The number of halogens is 1. The van der Waals surface area contributed by atoms with Crippen LogP contribution in [0.3, 0.4) is 0 Å². The highest BCUT2D eigenvalue weighted by Crippen LogP contribution is 2.35. The zero-order chi connectivity index (χ0) is 14.1. The van der Waals surface area contributed by atoms with E-state index in [4.69, 9.17) is 9.47 Å². The Balaban J connectivity index is 1.95. The molecule has 0 aliphatic carbocycles. The lowest BCUT2D eigenvalue weighted by Crippen LogP contribution is -2.30. The van der Waals surface area contributed by atoms with Gasteiger partial charge in [0.2, 0.25) is 0 Å². The summed E-state index contributed by atoms with van der Waals surface area (Å²) in [5.41, 5.74) is 1.40. The Hall–Kier alpha value is -2.14. The molecule has 2 heterocycles. The van der Waals surface area contributed by atoms with E-state index in [1.54, 1.807) is 24.4 Å². The molecule has 5 heteroatoms. The quantitative estimate of drug-likeness (QED) is 0.913. The summed E-state index contributed by atoms with van der Waals surface area (Å²) in [5, 5.41) is 10.2. The van der Waals surface area contributed by atoms with Crippen LogP contribution in [-0.4, -0.2) is 23.3 Å². The van der Waals surface area contributed by atoms with Crippen molar-refractivity contribution in [2.24, 2.45) is 0 Å². The predicted octanol–water partition coefficient (Wildman–Crippen LogP) is 2.27. The van der Waals surface area contributed by atoms with Gasteiger partial charge in [-0.1, -0.05) is 6.07 Å². The molecular formula is C15H14FNO3. The number of aliphatic hydroxyl groups excluding tert-OH is 1. The Morgan fingerprint density at radius 1 is 1.40 bits per heavy atom. The molecule has 1 aliphatic heterocycles. The monoisotopic (exact) mass is 275 g/mol. The molecule has 1 N–H and O–H groups in total. The zero-order valence-electron chi connectivity index (χ0n) is 10.9. The van der Waals surface area contributed by atoms with E-state index in [0.717, 1.165) is 5.69 Å². The van der Waals surface area contributed by atoms with Crippen LogP contribution in [0.2, 0.25) is 0 Å². The van der Waals surface area contributed by atoms with Gasteiger partial charge in [-0.25, -0.2) is 4.39 Å². The molecule has 4 nitrogen and oxygen atoms in total. The Labute approximate surface area is 115 Å². The van der Waals surface area contributed by atoms with E-state index < -0.39 is 18.0 Å². The van der Waals surface area contributed by atoms with Gasteiger partial charge in [0.15, 0.2) is 17.7 Å². The number of hydrogen-bond donors (Lipinski definition) is 1. The third-order valence-corrected chi connectivity index (χ3v) is 3.36. The lowest BCUT2D eigenvalue weighted by molar-refractivity contribution is 0.0191. The summed E-state index contributed by atoms with van der Waals surface area (Å²) < 4.78 is 24.2. The minimum absolute atomic E-state index is 0.135. The van der Waals surface area contributed by atoms with Crippen molar-refractivity contribution in [2.75, 3.05) is 7.11 Å². The van der Waals surface area contributed by atoms with Gasteiger partial charge in [-0.15, -0.1) is 0 Å². The van der Waals surface area contributed by atoms with Crippen molar-refractivity contribution in [2.45, 2.75) is 18.6 Å². The number of fused-ring (bicyclic) bond motifs is 1. The van der Waals surface area contributed by atoms with Crippen molar-refractivity contribution in [1.29, 1.82) is 0 Å². The molecule has 0 bridgehead atoms. The first-order valence-electron chi connectivity index (χ1n) is 6.31. The molecule has 1 aliphatic rings. The van der Waals surface area contributed by atoms with E-state index in [1.165, 1.54) is 13.2 Å². The van der Waals surface area contributed by atoms with Crippen LogP contribution in [0.25, 0.3) is 0 Å². The summed E-state index contributed by atoms with van der Waals surface area (Å²) in [7, 11) is 1.40. The van der Waals surface area contributed by atoms with Crippen molar-refractivity contribution >= 4 is 0 Å². The van der Waals surface area contributed by atoms with Gasteiger partial charge in [0.1, 0.15) is 11.9 Å². The summed E-state index contributed by atoms with van der Waals surface area (Å²) in [6.07, 6.45) is 0.783. The molecule has 3 rings (SSSR count). The lowest BCUT2D eigenvalue weighted by Gasteiger charge is -2.30. The number of ether oxygens (including phenoxy) is 2. The van der Waals surface area contributed by atoms with E-state index in [-0.39, 0.29) is 5.75 Å². The van der Waals surface area contributed by atoms with Crippen LogP contribution < -0.4 is 9.47 Å². The van der Waals surface area contributed by atoms with Crippen LogP contribution in [0.4, 0.5) is 4.39 Å². The Kier molecular flexibility index (Phi) is 3.28. The maximum atomic E-state index is 13.4. The van der Waals surface area contributed by atoms with Crippen molar-refractivity contribution in [3.63, 3.8) is 0 Å². The Morgan fingerprint density at radius 3 is 3.05 bits per heavy atom. The summed E-state index contributed by atoms with van der Waals surface area (Å²) in [5.74, 6) is 0.338. The summed E-state index contributed by atoms with van der Waals surface area (Å²) in [4.78, 5) is 4.18. The van der Waals surface area contributed by atoms with E-state index in [9.17, 15) is 9.50 Å². The normalized spacial score (nSPS) is 20.9. The number of aliphatic hydroxyl groups is 1. The SMILES string of the molecule is COc1cc(C2Oc3cccnc3CC2O)ccc1F. The fourth-order valence-electron chi connectivity index (χ4n) is 2.35. The van der Waals surface area contributed by atoms with Gasteiger partial charge < -0.3 is 14.6 Å². The van der Waals surface area contributed by atoms with Crippen molar-refractivity contribution in [1.82, 2.24) is 4.98 Å². The number of hydrogen-bond acceptors (Lipinski definition) is 4. The lowest BCUT2D eigenvalue weighted by atomic mass is 9.97. The number of benzene rings is 1. The molecule has 104 valence electrons.